The van der Waals surface area contributed by atoms with Gasteiger partial charge in [0.15, 0.2) is 0 Å². The van der Waals surface area contributed by atoms with Crippen LogP contribution < -0.4 is 4.72 Å². The van der Waals surface area contributed by atoms with E-state index < -0.39 is 35.2 Å². The van der Waals surface area contributed by atoms with E-state index in [9.17, 15) is 18.3 Å². The minimum atomic E-state index is -4.18. The van der Waals surface area contributed by atoms with Crippen molar-refractivity contribution in [3.05, 3.63) is 29.1 Å². The molecular formula is C12H13NO6S2. The molecule has 1 aromatic heterocycles. The molecule has 114 valence electrons. The molecular weight excluding hydrogens is 318 g/mol. The molecule has 0 unspecified atom stereocenters. The maximum atomic E-state index is 12.4. The maximum absolute atomic E-state index is 12.4. The Bertz CT molecular complexity index is 763. The molecule has 0 atom stereocenters. The first-order valence-corrected chi connectivity index (χ1v) is 8.19. The second-order valence-electron chi connectivity index (χ2n) is 4.24. The predicted molar refractivity (Wildman–Crippen MR) is 77.1 cm³/mol. The lowest BCUT2D eigenvalue weighted by Gasteiger charge is -2.13. The summed E-state index contributed by atoms with van der Waals surface area (Å²) in [7, 11) is -4.18. The number of carboxylic acids is 1. The van der Waals surface area contributed by atoms with Gasteiger partial charge in [-0.2, -0.15) is 0 Å². The number of sulfonamides is 1. The Morgan fingerprint density at radius 1 is 1.24 bits per heavy atom. The monoisotopic (exact) mass is 331 g/mol. The van der Waals surface area contributed by atoms with Gasteiger partial charge in [0, 0.05) is 10.1 Å². The Morgan fingerprint density at radius 3 is 2.43 bits per heavy atom. The number of fused-ring (bicyclic) bond motifs is 1. The summed E-state index contributed by atoms with van der Waals surface area (Å²) >= 11 is 0.857. The van der Waals surface area contributed by atoms with Crippen molar-refractivity contribution in [3.63, 3.8) is 0 Å². The van der Waals surface area contributed by atoms with E-state index in [2.05, 4.69) is 4.72 Å². The van der Waals surface area contributed by atoms with Crippen molar-refractivity contribution < 1.29 is 28.5 Å². The van der Waals surface area contributed by atoms with E-state index in [1.54, 1.807) is 18.2 Å². The quantitative estimate of drug-likeness (QED) is 0.601. The number of hydrogen-bond acceptors (Lipinski definition) is 6. The zero-order chi connectivity index (χ0) is 15.6. The molecule has 2 rings (SSSR count). The number of aliphatic hydroxyl groups excluding tert-OH is 2. The van der Waals surface area contributed by atoms with Gasteiger partial charge in [0.25, 0.3) is 0 Å². The molecule has 9 heteroatoms. The van der Waals surface area contributed by atoms with Gasteiger partial charge in [-0.05, 0) is 6.07 Å². The smallest absolute Gasteiger partial charge is 0.347 e. The van der Waals surface area contributed by atoms with Crippen LogP contribution in [0.5, 0.6) is 0 Å². The van der Waals surface area contributed by atoms with Crippen LogP contribution in [-0.4, -0.2) is 49.0 Å². The normalized spacial score (nSPS) is 12.1. The minimum Gasteiger partial charge on any atom is -0.477 e. The molecule has 21 heavy (non-hydrogen) atoms. The molecule has 1 aromatic carbocycles. The van der Waals surface area contributed by atoms with Gasteiger partial charge in [-0.25, -0.2) is 17.9 Å². The van der Waals surface area contributed by atoms with Crippen LogP contribution >= 0.6 is 11.3 Å². The molecule has 0 fully saturated rings. The Kier molecular flexibility index (Phi) is 4.59. The largest absolute Gasteiger partial charge is 0.477 e. The highest BCUT2D eigenvalue weighted by Crippen LogP contribution is 2.34. The fraction of sp³-hybridized carbons (Fsp3) is 0.250. The van der Waals surface area contributed by atoms with Gasteiger partial charge in [-0.1, -0.05) is 18.2 Å². The van der Waals surface area contributed by atoms with Gasteiger partial charge in [0.2, 0.25) is 10.0 Å². The average molecular weight is 331 g/mol. The summed E-state index contributed by atoms with van der Waals surface area (Å²) in [4.78, 5) is 10.6. The molecule has 0 saturated heterocycles. The van der Waals surface area contributed by atoms with Crippen LogP contribution in [0.15, 0.2) is 29.2 Å². The summed E-state index contributed by atoms with van der Waals surface area (Å²) in [5.74, 6) is -1.35. The predicted octanol–water partition coefficient (Wildman–Crippen LogP) is 0.231. The number of aromatic carboxylic acids is 1. The van der Waals surface area contributed by atoms with Crippen molar-refractivity contribution >= 4 is 37.4 Å². The average Bonchev–Trinajstić information content (AvgIpc) is 2.85. The van der Waals surface area contributed by atoms with Gasteiger partial charge in [-0.15, -0.1) is 11.3 Å². The molecule has 0 aliphatic heterocycles. The standard InChI is InChI=1S/C12H13NO6S2/c14-5-7(6-15)13-21(18,19)11-8-3-1-2-4-9(8)20-10(11)12(16)17/h1-4,7,13-15H,5-6H2,(H,16,17). The van der Waals surface area contributed by atoms with E-state index in [1.165, 1.54) is 6.07 Å². The molecule has 0 saturated carbocycles. The Balaban J connectivity index is 2.63. The van der Waals surface area contributed by atoms with Crippen molar-refractivity contribution in [1.82, 2.24) is 4.72 Å². The SMILES string of the molecule is O=C(O)c1sc2ccccc2c1S(=O)(=O)NC(CO)CO. The van der Waals surface area contributed by atoms with Crippen molar-refractivity contribution in [2.75, 3.05) is 13.2 Å². The summed E-state index contributed by atoms with van der Waals surface area (Å²) in [6.45, 7) is -1.19. The number of nitrogens with one attached hydrogen (secondary N) is 1. The van der Waals surface area contributed by atoms with E-state index in [4.69, 9.17) is 10.2 Å². The number of carbonyl (C=O) groups is 1. The second kappa shape index (κ2) is 6.08. The van der Waals surface area contributed by atoms with Gasteiger partial charge in [-0.3, -0.25) is 0 Å². The molecule has 0 aliphatic rings. The third kappa shape index (κ3) is 3.06. The van der Waals surface area contributed by atoms with Crippen LogP contribution in [0.25, 0.3) is 10.1 Å². The fourth-order valence-corrected chi connectivity index (χ4v) is 4.80. The van der Waals surface area contributed by atoms with E-state index >= 15 is 0 Å². The summed E-state index contributed by atoms with van der Waals surface area (Å²) < 4.78 is 27.4. The molecule has 2 aromatic rings. The summed E-state index contributed by atoms with van der Waals surface area (Å²) in [6, 6.07) is 5.34. The zero-order valence-corrected chi connectivity index (χ0v) is 12.3. The number of benzene rings is 1. The second-order valence-corrected chi connectivity index (χ2v) is 6.95. The topological polar surface area (TPSA) is 124 Å². The maximum Gasteiger partial charge on any atom is 0.347 e. The molecule has 0 amide bonds. The van der Waals surface area contributed by atoms with Crippen LogP contribution in [0.3, 0.4) is 0 Å². The molecule has 1 heterocycles. The highest BCUT2D eigenvalue weighted by atomic mass is 32.2. The molecule has 0 radical (unpaired) electrons. The molecule has 0 spiro atoms. The Labute approximate surface area is 124 Å². The van der Waals surface area contributed by atoms with Crippen molar-refractivity contribution in [2.24, 2.45) is 0 Å². The van der Waals surface area contributed by atoms with Gasteiger partial charge >= 0.3 is 5.97 Å². The Hall–Kier alpha value is -1.52. The summed E-state index contributed by atoms with van der Waals surface area (Å²) in [6.07, 6.45) is 0. The number of thiophene rings is 1. The third-order valence-corrected chi connectivity index (χ3v) is 5.67. The summed E-state index contributed by atoms with van der Waals surface area (Å²) in [5.41, 5.74) is 0. The minimum absolute atomic E-state index is 0.294. The van der Waals surface area contributed by atoms with Gasteiger partial charge < -0.3 is 15.3 Å². The van der Waals surface area contributed by atoms with Crippen LogP contribution in [0.1, 0.15) is 9.67 Å². The number of rotatable bonds is 6. The van der Waals surface area contributed by atoms with Crippen LogP contribution in [0.4, 0.5) is 0 Å². The molecule has 0 aliphatic carbocycles. The molecule has 7 nitrogen and oxygen atoms in total. The summed E-state index contributed by atoms with van der Waals surface area (Å²) in [5, 5.41) is 27.4. The molecule has 0 bridgehead atoms. The number of aliphatic hydroxyl groups is 2. The van der Waals surface area contributed by atoms with Gasteiger partial charge in [0.1, 0.15) is 9.77 Å². The lowest BCUT2D eigenvalue weighted by Crippen LogP contribution is -2.40. The lowest BCUT2D eigenvalue weighted by atomic mass is 10.2. The first kappa shape index (κ1) is 15.9. The molecule has 4 N–H and O–H groups in total. The van der Waals surface area contributed by atoms with Crippen molar-refractivity contribution in [3.8, 4) is 0 Å². The third-order valence-electron chi connectivity index (χ3n) is 2.78. The highest BCUT2D eigenvalue weighted by Gasteiger charge is 2.29. The zero-order valence-electron chi connectivity index (χ0n) is 10.7. The van der Waals surface area contributed by atoms with E-state index in [-0.39, 0.29) is 9.77 Å². The van der Waals surface area contributed by atoms with E-state index in [1.807, 2.05) is 0 Å². The van der Waals surface area contributed by atoms with Crippen molar-refractivity contribution in [2.45, 2.75) is 10.9 Å². The lowest BCUT2D eigenvalue weighted by molar-refractivity contribution is 0.0698. The van der Waals surface area contributed by atoms with Crippen LogP contribution in [0.2, 0.25) is 0 Å². The first-order valence-electron chi connectivity index (χ1n) is 5.89. The fourth-order valence-electron chi connectivity index (χ4n) is 1.84. The first-order chi connectivity index (χ1) is 9.90. The highest BCUT2D eigenvalue weighted by molar-refractivity contribution is 7.90. The van der Waals surface area contributed by atoms with Gasteiger partial charge in [0.05, 0.1) is 19.3 Å². The van der Waals surface area contributed by atoms with Crippen LogP contribution in [-0.2, 0) is 10.0 Å². The Morgan fingerprint density at radius 2 is 1.86 bits per heavy atom. The number of hydrogen-bond donors (Lipinski definition) is 4. The van der Waals surface area contributed by atoms with E-state index in [0.29, 0.717) is 10.1 Å². The van der Waals surface area contributed by atoms with Crippen molar-refractivity contribution in [1.29, 1.82) is 0 Å². The number of carboxylic acid groups (broad SMARTS) is 1. The van der Waals surface area contributed by atoms with E-state index in [0.717, 1.165) is 11.3 Å². The van der Waals surface area contributed by atoms with Crippen LogP contribution in [0, 0.1) is 0 Å².